The molecule has 3 aromatic rings. The van der Waals surface area contributed by atoms with Crippen LogP contribution in [0.2, 0.25) is 0 Å². The van der Waals surface area contributed by atoms with Crippen LogP contribution in [0.25, 0.3) is 0 Å². The molecule has 3 N–H and O–H groups in total. The van der Waals surface area contributed by atoms with Crippen molar-refractivity contribution in [1.82, 2.24) is 16.0 Å². The summed E-state index contributed by atoms with van der Waals surface area (Å²) in [5, 5.41) is 10.0. The second-order valence-corrected chi connectivity index (χ2v) is 12.9. The first-order chi connectivity index (χ1) is 17.9. The molecule has 1 fully saturated rings. The van der Waals surface area contributed by atoms with E-state index in [9.17, 15) is 4.79 Å². The second-order valence-electron chi connectivity index (χ2n) is 12.9. The average Bonchev–Trinajstić information content (AvgIpc) is 3.32. The van der Waals surface area contributed by atoms with Crippen LogP contribution in [0.3, 0.4) is 0 Å². The quantitative estimate of drug-likeness (QED) is 0.328. The van der Waals surface area contributed by atoms with E-state index in [4.69, 9.17) is 0 Å². The van der Waals surface area contributed by atoms with Crippen LogP contribution < -0.4 is 16.0 Å². The van der Waals surface area contributed by atoms with E-state index in [1.165, 1.54) is 22.3 Å². The molecule has 1 saturated heterocycles. The summed E-state index contributed by atoms with van der Waals surface area (Å²) >= 11 is 0. The fraction of sp³-hybridized carbons (Fsp3) is 0.441. The Morgan fingerprint density at radius 2 is 1.26 bits per heavy atom. The van der Waals surface area contributed by atoms with Gasteiger partial charge in [0, 0.05) is 24.5 Å². The molecule has 0 aliphatic carbocycles. The van der Waals surface area contributed by atoms with Crippen LogP contribution in [-0.4, -0.2) is 24.7 Å². The Morgan fingerprint density at radius 1 is 0.763 bits per heavy atom. The van der Waals surface area contributed by atoms with Crippen molar-refractivity contribution in [2.45, 2.75) is 89.8 Å². The zero-order valence-electron chi connectivity index (χ0n) is 24.1. The van der Waals surface area contributed by atoms with E-state index in [1.54, 1.807) is 0 Å². The highest BCUT2D eigenvalue weighted by atomic mass is 16.2. The maximum absolute atomic E-state index is 12.8. The summed E-state index contributed by atoms with van der Waals surface area (Å²) in [5.41, 5.74) is 6.63. The van der Waals surface area contributed by atoms with Crippen molar-refractivity contribution in [3.8, 4) is 0 Å². The fourth-order valence-electron chi connectivity index (χ4n) is 5.42. The molecule has 2 amide bonds. The lowest BCUT2D eigenvalue weighted by Crippen LogP contribution is -2.43. The Bertz CT molecular complexity index is 1130. The molecule has 1 heterocycles. The third kappa shape index (κ3) is 6.85. The van der Waals surface area contributed by atoms with Gasteiger partial charge < -0.3 is 16.0 Å². The van der Waals surface area contributed by atoms with Gasteiger partial charge >= 0.3 is 6.03 Å². The Kier molecular flexibility index (Phi) is 8.32. The minimum absolute atomic E-state index is 0.0447. The number of carbonyl (C=O) groups excluding carboxylic acids is 1. The van der Waals surface area contributed by atoms with Crippen LogP contribution in [-0.2, 0) is 10.8 Å². The molecule has 1 aliphatic heterocycles. The molecular formula is C34H45N3O. The maximum Gasteiger partial charge on any atom is 0.315 e. The third-order valence-corrected chi connectivity index (χ3v) is 7.82. The van der Waals surface area contributed by atoms with Crippen molar-refractivity contribution in [3.63, 3.8) is 0 Å². The van der Waals surface area contributed by atoms with Gasteiger partial charge in [-0.1, -0.05) is 120 Å². The number of amides is 2. The van der Waals surface area contributed by atoms with Gasteiger partial charge in [0.15, 0.2) is 0 Å². The van der Waals surface area contributed by atoms with Crippen molar-refractivity contribution in [1.29, 1.82) is 0 Å². The van der Waals surface area contributed by atoms with Crippen LogP contribution in [0.4, 0.5) is 4.79 Å². The number of rotatable bonds is 6. The molecule has 202 valence electrons. The van der Waals surface area contributed by atoms with E-state index in [0.29, 0.717) is 0 Å². The monoisotopic (exact) mass is 511 g/mol. The second kappa shape index (κ2) is 11.3. The molecule has 0 unspecified atom stereocenters. The number of urea groups is 1. The number of benzene rings is 3. The van der Waals surface area contributed by atoms with Crippen molar-refractivity contribution in [2.75, 3.05) is 6.54 Å². The summed E-state index contributed by atoms with van der Waals surface area (Å²) in [5.74, 6) is 0.205. The lowest BCUT2D eigenvalue weighted by atomic mass is 9.80. The minimum Gasteiger partial charge on any atom is -0.334 e. The van der Waals surface area contributed by atoms with Crippen LogP contribution >= 0.6 is 0 Å². The summed E-state index contributed by atoms with van der Waals surface area (Å²) in [6.07, 6.45) is 0.875. The summed E-state index contributed by atoms with van der Waals surface area (Å²) in [6.45, 7) is 16.3. The molecule has 0 saturated carbocycles. The zero-order chi connectivity index (χ0) is 27.5. The third-order valence-electron chi connectivity index (χ3n) is 7.82. The Morgan fingerprint density at radius 3 is 1.74 bits per heavy atom. The minimum atomic E-state index is -0.116. The molecule has 0 radical (unpaired) electrons. The normalized spacial score (nSPS) is 18.8. The van der Waals surface area contributed by atoms with Crippen LogP contribution in [0.1, 0.15) is 94.7 Å². The molecule has 3 atom stereocenters. The molecule has 38 heavy (non-hydrogen) atoms. The van der Waals surface area contributed by atoms with E-state index in [1.807, 2.05) is 37.3 Å². The summed E-state index contributed by atoms with van der Waals surface area (Å²) in [6, 6.07) is 28.5. The molecule has 4 heteroatoms. The van der Waals surface area contributed by atoms with Crippen molar-refractivity contribution in [2.24, 2.45) is 0 Å². The Labute approximate surface area is 229 Å². The van der Waals surface area contributed by atoms with E-state index in [0.717, 1.165) is 18.5 Å². The van der Waals surface area contributed by atoms with E-state index >= 15 is 0 Å². The summed E-state index contributed by atoms with van der Waals surface area (Å²) in [4.78, 5) is 12.8. The van der Waals surface area contributed by atoms with E-state index in [2.05, 4.69) is 106 Å². The SMILES string of the molecule is C[C@H](NC(=O)N[C@H]1CN[C@@H](C(c2ccc(C(C)(C)C)cc2)c2ccc(C(C)(C)C)cc2)C1)c1ccccc1. The number of nitrogens with one attached hydrogen (secondary N) is 3. The highest BCUT2D eigenvalue weighted by molar-refractivity contribution is 5.74. The summed E-state index contributed by atoms with van der Waals surface area (Å²) in [7, 11) is 0. The summed E-state index contributed by atoms with van der Waals surface area (Å²) < 4.78 is 0. The first-order valence-corrected chi connectivity index (χ1v) is 14.0. The molecule has 0 bridgehead atoms. The molecule has 3 aromatic carbocycles. The van der Waals surface area contributed by atoms with E-state index < -0.39 is 0 Å². The van der Waals surface area contributed by atoms with Crippen molar-refractivity contribution in [3.05, 3.63) is 107 Å². The lowest BCUT2D eigenvalue weighted by Gasteiger charge is -2.28. The maximum atomic E-state index is 12.8. The highest BCUT2D eigenvalue weighted by Crippen LogP contribution is 2.35. The molecule has 0 spiro atoms. The standard InChI is InChI=1S/C34H45N3O/c1-23(24-11-9-8-10-12-24)36-32(38)37-29-21-30(35-22-29)31(25-13-17-27(18-14-25)33(2,3)4)26-15-19-28(20-16-26)34(5,6)7/h8-20,23,29-31,35H,21-22H2,1-7H3,(H2,36,37,38)/t23-,29+,30+/m0/s1. The van der Waals surface area contributed by atoms with Gasteiger partial charge in [0.2, 0.25) is 0 Å². The van der Waals surface area contributed by atoms with Gasteiger partial charge in [0.1, 0.15) is 0 Å². The first kappa shape index (κ1) is 27.9. The van der Waals surface area contributed by atoms with Gasteiger partial charge in [-0.3, -0.25) is 0 Å². The predicted molar refractivity (Wildman–Crippen MR) is 159 cm³/mol. The topological polar surface area (TPSA) is 53.2 Å². The number of hydrogen-bond acceptors (Lipinski definition) is 2. The van der Waals surface area contributed by atoms with Crippen LogP contribution in [0, 0.1) is 0 Å². The van der Waals surface area contributed by atoms with Gasteiger partial charge in [-0.25, -0.2) is 4.79 Å². The molecule has 0 aromatic heterocycles. The van der Waals surface area contributed by atoms with Gasteiger partial charge in [-0.2, -0.15) is 0 Å². The largest absolute Gasteiger partial charge is 0.334 e. The van der Waals surface area contributed by atoms with Gasteiger partial charge in [0.25, 0.3) is 0 Å². The van der Waals surface area contributed by atoms with Crippen molar-refractivity contribution < 1.29 is 4.79 Å². The molecule has 1 aliphatic rings. The number of carbonyl (C=O) groups is 1. The Hall–Kier alpha value is -3.11. The van der Waals surface area contributed by atoms with Gasteiger partial charge in [0.05, 0.1) is 6.04 Å². The van der Waals surface area contributed by atoms with Gasteiger partial charge in [-0.15, -0.1) is 0 Å². The van der Waals surface area contributed by atoms with Crippen LogP contribution in [0.5, 0.6) is 0 Å². The predicted octanol–water partition coefficient (Wildman–Crippen LogP) is 7.20. The van der Waals surface area contributed by atoms with Crippen LogP contribution in [0.15, 0.2) is 78.9 Å². The average molecular weight is 512 g/mol. The molecular weight excluding hydrogens is 466 g/mol. The lowest BCUT2D eigenvalue weighted by molar-refractivity contribution is 0.234. The number of hydrogen-bond donors (Lipinski definition) is 3. The highest BCUT2D eigenvalue weighted by Gasteiger charge is 2.33. The zero-order valence-corrected chi connectivity index (χ0v) is 24.1. The van der Waals surface area contributed by atoms with E-state index in [-0.39, 0.29) is 40.9 Å². The molecule has 4 rings (SSSR count). The fourth-order valence-corrected chi connectivity index (χ4v) is 5.42. The smallest absolute Gasteiger partial charge is 0.315 e. The molecule has 4 nitrogen and oxygen atoms in total. The first-order valence-electron chi connectivity index (χ1n) is 14.0. The van der Waals surface area contributed by atoms with Gasteiger partial charge in [-0.05, 0) is 52.0 Å². The van der Waals surface area contributed by atoms with Crippen molar-refractivity contribution >= 4 is 6.03 Å². The Balaban J connectivity index is 1.51.